The fourth-order valence-corrected chi connectivity index (χ4v) is 2.50. The first-order chi connectivity index (χ1) is 9.28. The van der Waals surface area contributed by atoms with Crippen LogP contribution in [0.5, 0.6) is 0 Å². The second-order valence-electron chi connectivity index (χ2n) is 4.71. The zero-order valence-corrected chi connectivity index (χ0v) is 13.1. The number of nitrogens with zero attached hydrogens (tertiary/aromatic N) is 1. The van der Waals surface area contributed by atoms with Gasteiger partial charge in [0.1, 0.15) is 0 Å². The van der Waals surface area contributed by atoms with Crippen molar-refractivity contribution in [2.24, 2.45) is 5.73 Å². The van der Waals surface area contributed by atoms with Gasteiger partial charge >= 0.3 is 0 Å². The summed E-state index contributed by atoms with van der Waals surface area (Å²) in [5.41, 5.74) is 14.3. The van der Waals surface area contributed by atoms with Crippen LogP contribution in [-0.2, 0) is 10.0 Å². The van der Waals surface area contributed by atoms with Crippen LogP contribution in [0, 0.1) is 0 Å². The van der Waals surface area contributed by atoms with Gasteiger partial charge in [-0.05, 0) is 37.6 Å². The molecular weight excluding hydrogens is 276 g/mol. The Hall–Kier alpha value is -1.31. The molecule has 1 rings (SSSR count). The molecule has 0 bridgehead atoms. The molecule has 0 aromatic heterocycles. The quantitative estimate of drug-likeness (QED) is 0.642. The van der Waals surface area contributed by atoms with Crippen LogP contribution in [0.4, 0.5) is 11.4 Å². The molecule has 0 amide bonds. The van der Waals surface area contributed by atoms with Crippen molar-refractivity contribution >= 4 is 21.4 Å². The van der Waals surface area contributed by atoms with Crippen molar-refractivity contribution in [2.75, 3.05) is 36.5 Å². The van der Waals surface area contributed by atoms with Crippen molar-refractivity contribution in [3.05, 3.63) is 23.8 Å². The van der Waals surface area contributed by atoms with E-state index in [1.165, 1.54) is 0 Å². The second-order valence-corrected chi connectivity index (χ2v) is 6.55. The van der Waals surface area contributed by atoms with Crippen LogP contribution in [0.15, 0.2) is 18.2 Å². The minimum absolute atomic E-state index is 0.130. The number of nitrogens with two attached hydrogens (primary N) is 2. The molecule has 114 valence electrons. The fourth-order valence-electron chi connectivity index (χ4n) is 2.02. The minimum Gasteiger partial charge on any atom is -0.398 e. The van der Waals surface area contributed by atoms with Crippen LogP contribution in [0.2, 0.25) is 0 Å². The molecule has 0 radical (unpaired) electrons. The van der Waals surface area contributed by atoms with Gasteiger partial charge in [-0.1, -0.05) is 0 Å². The number of anilines is 2. The second kappa shape index (κ2) is 6.92. The summed E-state index contributed by atoms with van der Waals surface area (Å²) in [4.78, 5) is 2.18. The maximum absolute atomic E-state index is 11.1. The first-order valence-electron chi connectivity index (χ1n) is 6.63. The topological polar surface area (TPSA) is 101 Å². The number of nitrogens with one attached hydrogen (secondary N) is 1. The highest BCUT2D eigenvalue weighted by Gasteiger charge is 2.14. The van der Waals surface area contributed by atoms with E-state index in [1.807, 2.05) is 18.2 Å². The van der Waals surface area contributed by atoms with Crippen molar-refractivity contribution in [1.82, 2.24) is 4.72 Å². The van der Waals surface area contributed by atoms with Gasteiger partial charge in [0.05, 0.1) is 6.26 Å². The van der Waals surface area contributed by atoms with Crippen LogP contribution in [0.3, 0.4) is 0 Å². The monoisotopic (exact) mass is 300 g/mol. The molecular formula is C13H24N4O2S. The number of nitrogen functional groups attached to an aromatic ring is 1. The summed E-state index contributed by atoms with van der Waals surface area (Å²) >= 11 is 0. The van der Waals surface area contributed by atoms with E-state index in [-0.39, 0.29) is 6.54 Å². The molecule has 1 atom stereocenters. The van der Waals surface area contributed by atoms with Gasteiger partial charge in [0.2, 0.25) is 10.0 Å². The lowest BCUT2D eigenvalue weighted by Crippen LogP contribution is -2.31. The van der Waals surface area contributed by atoms with E-state index in [2.05, 4.69) is 23.5 Å². The maximum atomic E-state index is 11.1. The molecule has 6 nitrogen and oxygen atoms in total. The van der Waals surface area contributed by atoms with Gasteiger partial charge in [0.15, 0.2) is 0 Å². The maximum Gasteiger partial charge on any atom is 0.208 e. The number of benzene rings is 1. The van der Waals surface area contributed by atoms with Gasteiger partial charge in [-0.15, -0.1) is 0 Å². The molecule has 0 aliphatic heterocycles. The van der Waals surface area contributed by atoms with Crippen LogP contribution in [0.25, 0.3) is 0 Å². The molecule has 0 saturated carbocycles. The van der Waals surface area contributed by atoms with E-state index in [1.54, 1.807) is 0 Å². The molecule has 0 aliphatic rings. The molecule has 0 saturated heterocycles. The van der Waals surface area contributed by atoms with Gasteiger partial charge in [0.25, 0.3) is 0 Å². The Morgan fingerprint density at radius 1 is 1.30 bits per heavy atom. The third-order valence-electron chi connectivity index (χ3n) is 3.16. The van der Waals surface area contributed by atoms with Crippen molar-refractivity contribution in [2.45, 2.75) is 19.9 Å². The first-order valence-corrected chi connectivity index (χ1v) is 8.52. The Morgan fingerprint density at radius 3 is 2.40 bits per heavy atom. The minimum atomic E-state index is -3.26. The predicted octanol–water partition coefficient (Wildman–Crippen LogP) is 0.664. The van der Waals surface area contributed by atoms with Crippen molar-refractivity contribution in [3.63, 3.8) is 0 Å². The summed E-state index contributed by atoms with van der Waals surface area (Å²) in [6.07, 6.45) is 1.11. The summed E-state index contributed by atoms with van der Waals surface area (Å²) in [7, 11) is -3.26. The number of sulfonamides is 1. The first kappa shape index (κ1) is 16.7. The summed E-state index contributed by atoms with van der Waals surface area (Å²) in [6.45, 7) is 6.05. The molecule has 0 fully saturated rings. The molecule has 0 spiro atoms. The Labute approximate surface area is 121 Å². The van der Waals surface area contributed by atoms with Crippen molar-refractivity contribution in [1.29, 1.82) is 0 Å². The van der Waals surface area contributed by atoms with Gasteiger partial charge in [0, 0.05) is 37.1 Å². The lowest BCUT2D eigenvalue weighted by Gasteiger charge is -2.23. The summed E-state index contributed by atoms with van der Waals surface area (Å²) < 4.78 is 24.6. The van der Waals surface area contributed by atoms with Crippen molar-refractivity contribution in [3.8, 4) is 0 Å². The highest BCUT2D eigenvalue weighted by molar-refractivity contribution is 7.88. The molecule has 7 heteroatoms. The van der Waals surface area contributed by atoms with E-state index in [4.69, 9.17) is 11.5 Å². The largest absolute Gasteiger partial charge is 0.398 e. The van der Waals surface area contributed by atoms with E-state index >= 15 is 0 Å². The molecule has 1 aromatic carbocycles. The Kier molecular flexibility index (Phi) is 5.79. The fraction of sp³-hybridized carbons (Fsp3) is 0.538. The van der Waals surface area contributed by atoms with Gasteiger partial charge in [-0.25, -0.2) is 13.1 Å². The van der Waals surface area contributed by atoms with Crippen LogP contribution in [0.1, 0.15) is 25.5 Å². The Bertz CT molecular complexity index is 541. The molecule has 0 heterocycles. The van der Waals surface area contributed by atoms with Crippen LogP contribution in [-0.4, -0.2) is 34.3 Å². The molecule has 1 aromatic rings. The third-order valence-corrected chi connectivity index (χ3v) is 3.85. The molecule has 20 heavy (non-hydrogen) atoms. The number of hydrogen-bond donors (Lipinski definition) is 3. The van der Waals surface area contributed by atoms with Crippen molar-refractivity contribution < 1.29 is 8.42 Å². The van der Waals surface area contributed by atoms with E-state index in [9.17, 15) is 8.42 Å². The van der Waals surface area contributed by atoms with Gasteiger partial charge in [-0.2, -0.15) is 0 Å². The average molecular weight is 300 g/mol. The van der Waals surface area contributed by atoms with Gasteiger partial charge in [-0.3, -0.25) is 0 Å². The summed E-state index contributed by atoms with van der Waals surface area (Å²) in [5, 5.41) is 0. The lowest BCUT2D eigenvalue weighted by molar-refractivity contribution is 0.578. The van der Waals surface area contributed by atoms with Crippen LogP contribution < -0.4 is 21.1 Å². The highest BCUT2D eigenvalue weighted by Crippen LogP contribution is 2.25. The Balaban J connectivity index is 2.95. The number of hydrogen-bond acceptors (Lipinski definition) is 5. The van der Waals surface area contributed by atoms with Crippen LogP contribution >= 0.6 is 0 Å². The smallest absolute Gasteiger partial charge is 0.208 e. The van der Waals surface area contributed by atoms with Gasteiger partial charge < -0.3 is 16.4 Å². The molecule has 1 unspecified atom stereocenters. The predicted molar refractivity (Wildman–Crippen MR) is 84.2 cm³/mol. The van der Waals surface area contributed by atoms with E-state index < -0.39 is 16.1 Å². The highest BCUT2D eigenvalue weighted by atomic mass is 32.2. The lowest BCUT2D eigenvalue weighted by atomic mass is 10.0. The summed E-state index contributed by atoms with van der Waals surface area (Å²) in [5.74, 6) is 0. The average Bonchev–Trinajstić information content (AvgIpc) is 2.38. The zero-order valence-electron chi connectivity index (χ0n) is 12.3. The third kappa shape index (κ3) is 4.66. The van der Waals surface area contributed by atoms with E-state index in [0.717, 1.165) is 30.6 Å². The number of rotatable bonds is 7. The normalized spacial score (nSPS) is 13.2. The zero-order chi connectivity index (χ0) is 15.3. The molecule has 0 aliphatic carbocycles. The molecule has 5 N–H and O–H groups in total. The summed E-state index contributed by atoms with van der Waals surface area (Å²) in [6, 6.07) is 5.21. The Morgan fingerprint density at radius 2 is 1.90 bits per heavy atom. The van der Waals surface area contributed by atoms with E-state index in [0.29, 0.717) is 5.69 Å². The standard InChI is InChI=1S/C13H24N4O2S/c1-4-17(5-2)10-6-7-12(14)11(8-10)13(15)9-16-20(3,18)19/h6-8,13,16H,4-5,9,14-15H2,1-3H3. The SMILES string of the molecule is CCN(CC)c1ccc(N)c(C(N)CNS(C)(=O)=O)c1.